The van der Waals surface area contributed by atoms with Crippen LogP contribution in [-0.4, -0.2) is 17.8 Å². The van der Waals surface area contributed by atoms with Crippen LogP contribution in [0.5, 0.6) is 0 Å². The Morgan fingerprint density at radius 3 is 2.46 bits per heavy atom. The first-order valence-corrected chi connectivity index (χ1v) is 4.14. The molecule has 1 aromatic carbocycles. The Balaban J connectivity index is 0.00000144. The minimum absolute atomic E-state index is 0. The number of hydrogen-bond acceptors (Lipinski definition) is 1. The quantitative estimate of drug-likeness (QED) is 0.778. The number of rotatable bonds is 4. The summed E-state index contributed by atoms with van der Waals surface area (Å²) in [7, 11) is 0. The number of aliphatic hydroxyl groups excluding tert-OH is 1. The number of benzene rings is 1. The van der Waals surface area contributed by atoms with Crippen LogP contribution in [0.2, 0.25) is 0 Å². The zero-order chi connectivity index (χ0) is 8.81. The summed E-state index contributed by atoms with van der Waals surface area (Å²) in [6.07, 6.45) is -0.325. The number of hydrogen-bond donors (Lipinski definition) is 1. The van der Waals surface area contributed by atoms with Gasteiger partial charge < -0.3 is 10.4 Å². The van der Waals surface area contributed by atoms with Crippen LogP contribution in [0.15, 0.2) is 30.3 Å². The molecule has 13 heavy (non-hydrogen) atoms. The third-order valence-electron chi connectivity index (χ3n) is 1.53. The molecule has 0 aliphatic heterocycles. The predicted molar refractivity (Wildman–Crippen MR) is 50.1 cm³/mol. The smallest absolute Gasteiger partial charge is 0.0325 e. The van der Waals surface area contributed by atoms with Gasteiger partial charge in [0, 0.05) is 6.10 Å². The summed E-state index contributed by atoms with van der Waals surface area (Å²) in [5.74, 6) is 0. The summed E-state index contributed by atoms with van der Waals surface area (Å²) in [6.45, 7) is 2.97. The van der Waals surface area contributed by atoms with Crippen LogP contribution in [0.3, 0.4) is 0 Å². The van der Waals surface area contributed by atoms with Crippen LogP contribution in [-0.2, 0) is 6.54 Å². The first-order chi connectivity index (χ1) is 5.79. The van der Waals surface area contributed by atoms with Gasteiger partial charge in [0.25, 0.3) is 0 Å². The molecule has 0 spiro atoms. The summed E-state index contributed by atoms with van der Waals surface area (Å²) < 4.78 is 0. The van der Waals surface area contributed by atoms with Gasteiger partial charge in [0.05, 0.1) is 0 Å². The number of aliphatic hydroxyl groups is 1. The van der Waals surface area contributed by atoms with E-state index in [2.05, 4.69) is 5.32 Å². The molecule has 0 heterocycles. The minimum atomic E-state index is -0.325. The maximum absolute atomic E-state index is 8.94. The van der Waals surface area contributed by atoms with Crippen molar-refractivity contribution in [3.05, 3.63) is 41.2 Å². The Hall–Kier alpha value is -1.86. The fraction of sp³-hybridized carbons (Fsp3) is 0.400. The van der Waals surface area contributed by atoms with E-state index in [-0.39, 0.29) is 6.10 Å². The normalized spacial score (nSPS) is 11.8. The van der Waals surface area contributed by atoms with E-state index in [0.717, 1.165) is 0 Å². The van der Waals surface area contributed by atoms with Crippen molar-refractivity contribution in [1.82, 2.24) is 0 Å². The summed E-state index contributed by atoms with van der Waals surface area (Å²) >= 11 is 0. The van der Waals surface area contributed by atoms with E-state index >= 15 is 0 Å². The third kappa shape index (κ3) is 4.56. The van der Waals surface area contributed by atoms with Crippen LogP contribution in [0.4, 0.5) is 0 Å². The van der Waals surface area contributed by atoms with Crippen molar-refractivity contribution in [1.29, 1.82) is 0 Å². The van der Waals surface area contributed by atoms with Gasteiger partial charge in [0.15, 0.2) is 0 Å². The van der Waals surface area contributed by atoms with Gasteiger partial charge in [0.1, 0.15) is 0 Å². The Morgan fingerprint density at radius 1 is 1.31 bits per heavy atom. The molecule has 0 aliphatic carbocycles. The monoisotopic (exact) mass is 431 g/mol. The Bertz CT molecular complexity index is 213. The molecule has 1 rings (SSSR count). The zero-order valence-corrected chi connectivity index (χ0v) is 14.4. The molecule has 0 radical (unpaired) electrons. The second-order valence-corrected chi connectivity index (χ2v) is 2.90. The van der Waals surface area contributed by atoms with Crippen LogP contribution in [0.25, 0.3) is 5.32 Å². The number of nitrogens with zero attached hydrogens (tertiary/aromatic N) is 1. The predicted octanol–water partition coefficient (Wildman–Crippen LogP) is 1.94. The minimum Gasteiger partial charge on any atom is -0.656 e. The molecule has 0 fully saturated rings. The summed E-state index contributed by atoms with van der Waals surface area (Å²) in [5.41, 5.74) is 1.19. The molecule has 1 N–H and O–H groups in total. The van der Waals surface area contributed by atoms with E-state index in [1.807, 2.05) is 30.3 Å². The fourth-order valence-electron chi connectivity index (χ4n) is 0.964. The van der Waals surface area contributed by atoms with Crippen molar-refractivity contribution in [3.8, 4) is 0 Å². The molecular weight excluding hydrogens is 417 g/mol. The molecule has 0 aromatic heterocycles. The molecule has 0 saturated heterocycles. The molecule has 68 valence electrons. The van der Waals surface area contributed by atoms with E-state index in [1.165, 1.54) is 5.56 Å². The molecular formula is C10H14NORf-. The average Bonchev–Trinajstić information content (AvgIpc) is 2.05. The molecule has 2 nitrogen and oxygen atoms in total. The van der Waals surface area contributed by atoms with Crippen molar-refractivity contribution in [2.24, 2.45) is 0 Å². The summed E-state index contributed by atoms with van der Waals surface area (Å²) in [5, 5.41) is 13.1. The van der Waals surface area contributed by atoms with Crippen LogP contribution in [0, 0.1) is 0 Å². The third-order valence-corrected chi connectivity index (χ3v) is 1.53. The van der Waals surface area contributed by atoms with Crippen LogP contribution in [0.1, 0.15) is 12.5 Å². The summed E-state index contributed by atoms with van der Waals surface area (Å²) in [4.78, 5) is 0. The Labute approximate surface area is 73.2 Å². The average molecular weight is 431 g/mol. The van der Waals surface area contributed by atoms with Gasteiger partial charge in [-0.1, -0.05) is 35.9 Å². The SMILES string of the molecule is CC(O)C[N-]Cc1ccccc1.[Rf]. The molecule has 3 heteroatoms. The first-order valence-electron chi connectivity index (χ1n) is 4.14. The van der Waals surface area contributed by atoms with E-state index < -0.39 is 0 Å². The maximum atomic E-state index is 8.94. The molecule has 1 aromatic rings. The molecule has 1 atom stereocenters. The molecule has 1 unspecified atom stereocenters. The van der Waals surface area contributed by atoms with Crippen molar-refractivity contribution in [2.45, 2.75) is 19.6 Å². The van der Waals surface area contributed by atoms with Gasteiger partial charge in [-0.3, -0.25) is 0 Å². The maximum Gasteiger partial charge on any atom is 0.0325 e. The van der Waals surface area contributed by atoms with Gasteiger partial charge >= 0.3 is 0 Å². The van der Waals surface area contributed by atoms with Gasteiger partial charge in [0.2, 0.25) is 0 Å². The van der Waals surface area contributed by atoms with Gasteiger partial charge in [-0.25, -0.2) is 0 Å². The van der Waals surface area contributed by atoms with Crippen molar-refractivity contribution in [2.75, 3.05) is 6.54 Å². The summed E-state index contributed by atoms with van der Waals surface area (Å²) in [6, 6.07) is 10.0. The van der Waals surface area contributed by atoms with E-state index in [4.69, 9.17) is 5.11 Å². The fourth-order valence-corrected chi connectivity index (χ4v) is 0.964. The topological polar surface area (TPSA) is 34.3 Å². The van der Waals surface area contributed by atoms with Crippen LogP contribution >= 0.6 is 0 Å². The van der Waals surface area contributed by atoms with Crippen molar-refractivity contribution >= 4 is 0 Å². The Morgan fingerprint density at radius 2 is 1.92 bits per heavy atom. The van der Waals surface area contributed by atoms with Crippen LogP contribution < -0.4 is 0 Å². The van der Waals surface area contributed by atoms with Crippen molar-refractivity contribution < 1.29 is 5.11 Å². The van der Waals surface area contributed by atoms with Gasteiger partial charge in [-0.15, -0.1) is 13.1 Å². The van der Waals surface area contributed by atoms with E-state index in [1.54, 1.807) is 6.92 Å². The van der Waals surface area contributed by atoms with Gasteiger partial charge in [-0.2, -0.15) is 0 Å². The van der Waals surface area contributed by atoms with Gasteiger partial charge in [-0.05, 0) is 6.92 Å². The van der Waals surface area contributed by atoms with E-state index in [0.29, 0.717) is 13.1 Å². The zero-order valence-electron chi connectivity index (χ0n) is 7.98. The standard InChI is InChI=1S/C10H14NO.Rf/c1-9(12)7-11-8-10-5-3-2-4-6-10;/h2-6,9,12H,7-8H2,1H3;/q-1;. The molecule has 0 saturated carbocycles. The first kappa shape index (κ1) is 11.1. The molecule has 0 amide bonds. The molecule has 0 bridgehead atoms. The second kappa shape index (κ2) is 5.75. The Kier molecular flexibility index (Phi) is 4.93. The van der Waals surface area contributed by atoms with E-state index in [9.17, 15) is 0 Å². The molecule has 0 aliphatic rings. The largest absolute Gasteiger partial charge is 0.656 e. The van der Waals surface area contributed by atoms with Crippen molar-refractivity contribution in [3.63, 3.8) is 0 Å². The second-order valence-electron chi connectivity index (χ2n) is 2.90.